The van der Waals surface area contributed by atoms with E-state index in [1.807, 2.05) is 30.3 Å². The molecule has 126 valence electrons. The van der Waals surface area contributed by atoms with Crippen LogP contribution in [0.25, 0.3) is 11.6 Å². The van der Waals surface area contributed by atoms with Crippen molar-refractivity contribution >= 4 is 29.2 Å². The van der Waals surface area contributed by atoms with Crippen molar-refractivity contribution in [2.24, 2.45) is 0 Å². The molecule has 0 saturated heterocycles. The average Bonchev–Trinajstić information content (AvgIpc) is 3.05. The summed E-state index contributed by atoms with van der Waals surface area (Å²) in [5.74, 6) is 0.232. The third-order valence-electron chi connectivity index (χ3n) is 3.51. The highest BCUT2D eigenvalue weighted by molar-refractivity contribution is 6.30. The maximum atomic E-state index is 12.6. The first-order valence-corrected chi connectivity index (χ1v) is 8.11. The topological polar surface area (TPSA) is 52.3 Å². The van der Waals surface area contributed by atoms with Gasteiger partial charge in [0.15, 0.2) is 0 Å². The molecule has 0 atom stereocenters. The molecule has 0 radical (unpaired) electrons. The van der Waals surface area contributed by atoms with Crippen LogP contribution in [-0.2, 0) is 16.1 Å². The van der Waals surface area contributed by atoms with Gasteiger partial charge in [0.05, 0.1) is 5.57 Å². The Hall–Kier alpha value is -2.85. The van der Waals surface area contributed by atoms with E-state index in [9.17, 15) is 4.79 Å². The Kier molecular flexibility index (Phi) is 5.31. The monoisotopic (exact) mass is 353 g/mol. The Balaban J connectivity index is 1.86. The molecular weight excluding hydrogens is 338 g/mol. The first-order chi connectivity index (χ1) is 12.1. The molecule has 25 heavy (non-hydrogen) atoms. The third-order valence-corrected chi connectivity index (χ3v) is 3.77. The fourth-order valence-electron chi connectivity index (χ4n) is 2.31. The van der Waals surface area contributed by atoms with Crippen LogP contribution in [0, 0.1) is 6.92 Å². The predicted molar refractivity (Wildman–Crippen MR) is 96.8 cm³/mol. The van der Waals surface area contributed by atoms with Gasteiger partial charge in [0.2, 0.25) is 0 Å². The molecule has 3 aromatic rings. The van der Waals surface area contributed by atoms with Crippen LogP contribution >= 0.6 is 11.6 Å². The Morgan fingerprint density at radius 3 is 2.52 bits per heavy atom. The van der Waals surface area contributed by atoms with Crippen molar-refractivity contribution in [3.05, 3.63) is 88.3 Å². The molecule has 2 aromatic carbocycles. The van der Waals surface area contributed by atoms with Crippen LogP contribution < -0.4 is 0 Å². The number of halogens is 1. The van der Waals surface area contributed by atoms with Gasteiger partial charge in [-0.05, 0) is 36.3 Å². The van der Waals surface area contributed by atoms with E-state index in [0.717, 1.165) is 11.1 Å². The second kappa shape index (κ2) is 7.81. The summed E-state index contributed by atoms with van der Waals surface area (Å²) in [6.45, 7) is 1.84. The molecule has 0 bridgehead atoms. The molecule has 0 spiro atoms. The average molecular weight is 354 g/mol. The molecule has 1 heterocycles. The van der Waals surface area contributed by atoms with E-state index in [1.54, 1.807) is 43.3 Å². The maximum Gasteiger partial charge on any atom is 0.339 e. The van der Waals surface area contributed by atoms with Crippen molar-refractivity contribution in [1.29, 1.82) is 0 Å². The van der Waals surface area contributed by atoms with Crippen LogP contribution in [0.2, 0.25) is 5.02 Å². The molecular formula is C20H16ClNO3. The number of nitrogens with zero attached hydrogens (tertiary/aromatic N) is 1. The number of aryl methyl sites for hydroxylation is 1. The zero-order valence-corrected chi connectivity index (χ0v) is 14.4. The van der Waals surface area contributed by atoms with Gasteiger partial charge < -0.3 is 9.26 Å². The maximum absolute atomic E-state index is 12.6. The predicted octanol–water partition coefficient (Wildman–Crippen LogP) is 4.92. The minimum atomic E-state index is -0.438. The van der Waals surface area contributed by atoms with Crippen molar-refractivity contribution in [3.63, 3.8) is 0 Å². The number of carbonyl (C=O) groups is 1. The van der Waals surface area contributed by atoms with E-state index in [4.69, 9.17) is 20.9 Å². The van der Waals surface area contributed by atoms with Crippen molar-refractivity contribution in [2.45, 2.75) is 13.5 Å². The molecule has 0 amide bonds. The molecule has 1 aromatic heterocycles. The highest BCUT2D eigenvalue weighted by Crippen LogP contribution is 2.22. The van der Waals surface area contributed by atoms with Gasteiger partial charge in [0.1, 0.15) is 18.1 Å². The lowest BCUT2D eigenvalue weighted by Gasteiger charge is -2.08. The number of aromatic nitrogens is 1. The summed E-state index contributed by atoms with van der Waals surface area (Å²) in [6.07, 6.45) is 1.79. The number of benzene rings is 2. The van der Waals surface area contributed by atoms with Crippen LogP contribution in [0.5, 0.6) is 0 Å². The van der Waals surface area contributed by atoms with Crippen LogP contribution in [0.15, 0.2) is 65.2 Å². The minimum Gasteiger partial charge on any atom is -0.455 e. The summed E-state index contributed by atoms with van der Waals surface area (Å²) in [5.41, 5.74) is 2.65. The Bertz CT molecular complexity index is 883. The normalized spacial score (nSPS) is 11.4. The van der Waals surface area contributed by atoms with E-state index in [0.29, 0.717) is 22.0 Å². The first kappa shape index (κ1) is 17.0. The summed E-state index contributed by atoms with van der Waals surface area (Å²) < 4.78 is 10.4. The van der Waals surface area contributed by atoms with Gasteiger partial charge in [-0.15, -0.1) is 0 Å². The van der Waals surface area contributed by atoms with Crippen LogP contribution in [0.3, 0.4) is 0 Å². The largest absolute Gasteiger partial charge is 0.455 e. The van der Waals surface area contributed by atoms with Crippen molar-refractivity contribution in [3.8, 4) is 0 Å². The third kappa shape index (κ3) is 4.58. The molecule has 0 aliphatic heterocycles. The standard InChI is InChI=1S/C20H16ClNO3/c1-14-11-18(22-25-14)13-24-20(23)19(12-15-5-3-2-4-6-15)16-7-9-17(21)10-8-16/h2-12H,13H2,1H3/b19-12+. The van der Waals surface area contributed by atoms with Gasteiger partial charge in [-0.25, -0.2) is 4.79 Å². The SMILES string of the molecule is Cc1cc(COC(=O)/C(=C/c2ccccc2)c2ccc(Cl)cc2)no1. The number of ether oxygens (including phenoxy) is 1. The van der Waals surface area contributed by atoms with Crippen molar-refractivity contribution < 1.29 is 14.1 Å². The summed E-state index contributed by atoms with van der Waals surface area (Å²) in [4.78, 5) is 12.6. The fraction of sp³-hybridized carbons (Fsp3) is 0.100. The molecule has 0 saturated carbocycles. The molecule has 0 N–H and O–H groups in total. The van der Waals surface area contributed by atoms with Crippen LogP contribution in [-0.4, -0.2) is 11.1 Å². The van der Waals surface area contributed by atoms with E-state index in [-0.39, 0.29) is 6.61 Å². The lowest BCUT2D eigenvalue weighted by molar-refractivity contribution is -0.137. The van der Waals surface area contributed by atoms with E-state index in [1.165, 1.54) is 0 Å². The van der Waals surface area contributed by atoms with Crippen molar-refractivity contribution in [2.75, 3.05) is 0 Å². The molecule has 0 aliphatic rings. The molecule has 4 nitrogen and oxygen atoms in total. The first-order valence-electron chi connectivity index (χ1n) is 7.74. The lowest BCUT2D eigenvalue weighted by Crippen LogP contribution is -2.07. The quantitative estimate of drug-likeness (QED) is 0.371. The van der Waals surface area contributed by atoms with Gasteiger partial charge in [-0.2, -0.15) is 0 Å². The second-order valence-corrected chi connectivity index (χ2v) is 5.92. The lowest BCUT2D eigenvalue weighted by atomic mass is 10.0. The summed E-state index contributed by atoms with van der Waals surface area (Å²) in [7, 11) is 0. The highest BCUT2D eigenvalue weighted by atomic mass is 35.5. The zero-order chi connectivity index (χ0) is 17.6. The van der Waals surface area contributed by atoms with E-state index in [2.05, 4.69) is 5.16 Å². The fourth-order valence-corrected chi connectivity index (χ4v) is 2.43. The van der Waals surface area contributed by atoms with E-state index >= 15 is 0 Å². The Morgan fingerprint density at radius 1 is 1.16 bits per heavy atom. The van der Waals surface area contributed by atoms with Gasteiger partial charge in [0.25, 0.3) is 0 Å². The molecule has 3 rings (SSSR count). The van der Waals surface area contributed by atoms with Gasteiger partial charge >= 0.3 is 5.97 Å². The van der Waals surface area contributed by atoms with Gasteiger partial charge in [-0.1, -0.05) is 59.2 Å². The van der Waals surface area contributed by atoms with Gasteiger partial charge in [0, 0.05) is 11.1 Å². The number of hydrogen-bond donors (Lipinski definition) is 0. The van der Waals surface area contributed by atoms with Crippen LogP contribution in [0.4, 0.5) is 0 Å². The zero-order valence-electron chi connectivity index (χ0n) is 13.6. The summed E-state index contributed by atoms with van der Waals surface area (Å²) >= 11 is 5.95. The van der Waals surface area contributed by atoms with E-state index < -0.39 is 5.97 Å². The second-order valence-electron chi connectivity index (χ2n) is 5.48. The number of esters is 1. The summed E-state index contributed by atoms with van der Waals surface area (Å²) in [5, 5.41) is 4.43. The number of hydrogen-bond acceptors (Lipinski definition) is 4. The van der Waals surface area contributed by atoms with Crippen LogP contribution in [0.1, 0.15) is 22.6 Å². The number of rotatable bonds is 5. The summed E-state index contributed by atoms with van der Waals surface area (Å²) in [6, 6.07) is 18.4. The molecule has 0 aliphatic carbocycles. The molecule has 0 fully saturated rings. The Morgan fingerprint density at radius 2 is 1.88 bits per heavy atom. The molecule has 5 heteroatoms. The highest BCUT2D eigenvalue weighted by Gasteiger charge is 2.15. The smallest absolute Gasteiger partial charge is 0.339 e. The Labute approximate surface area is 150 Å². The van der Waals surface area contributed by atoms with Crippen molar-refractivity contribution in [1.82, 2.24) is 5.16 Å². The van der Waals surface area contributed by atoms with Gasteiger partial charge in [-0.3, -0.25) is 0 Å². The molecule has 0 unspecified atom stereocenters. The number of carbonyl (C=O) groups excluding carboxylic acids is 1. The minimum absolute atomic E-state index is 0.0515.